The number of urea groups is 1. The molecule has 1 aromatic rings. The number of hydrogen-bond acceptors (Lipinski definition) is 3. The Morgan fingerprint density at radius 1 is 1.47 bits per heavy atom. The third kappa shape index (κ3) is 4.83. The molecule has 19 heavy (non-hydrogen) atoms. The van der Waals surface area contributed by atoms with Gasteiger partial charge in [-0.3, -0.25) is 4.79 Å². The van der Waals surface area contributed by atoms with Crippen LogP contribution in [-0.4, -0.2) is 23.7 Å². The third-order valence-corrected chi connectivity index (χ3v) is 4.68. The second-order valence-electron chi connectivity index (χ2n) is 4.49. The maximum absolute atomic E-state index is 11.6. The van der Waals surface area contributed by atoms with E-state index in [9.17, 15) is 9.59 Å². The number of carboxylic acids is 1. The Hall–Kier alpha value is -1.08. The molecule has 1 rings (SSSR count). The van der Waals surface area contributed by atoms with Gasteiger partial charge in [0.2, 0.25) is 0 Å². The first kappa shape index (κ1) is 16.0. The van der Waals surface area contributed by atoms with Crippen LogP contribution in [0.2, 0.25) is 0 Å². The molecule has 0 saturated carbocycles. The normalized spacial score (nSPS) is 13.6. The fourth-order valence-corrected chi connectivity index (χ4v) is 2.69. The van der Waals surface area contributed by atoms with Gasteiger partial charge in [-0.25, -0.2) is 4.79 Å². The maximum atomic E-state index is 11.6. The highest BCUT2D eigenvalue weighted by Gasteiger charge is 2.31. The lowest BCUT2D eigenvalue weighted by Crippen LogP contribution is -2.44. The molecule has 5 nitrogen and oxygen atoms in total. The maximum Gasteiger partial charge on any atom is 0.315 e. The molecule has 2 amide bonds. The van der Waals surface area contributed by atoms with Crippen LogP contribution in [0.1, 0.15) is 25.1 Å². The molecule has 0 spiro atoms. The van der Waals surface area contributed by atoms with E-state index in [2.05, 4.69) is 26.6 Å². The van der Waals surface area contributed by atoms with Gasteiger partial charge in [-0.05, 0) is 35.3 Å². The van der Waals surface area contributed by atoms with Crippen molar-refractivity contribution in [2.24, 2.45) is 5.41 Å². The fourth-order valence-electron chi connectivity index (χ4n) is 1.30. The van der Waals surface area contributed by atoms with Crippen LogP contribution in [0.5, 0.6) is 0 Å². The Morgan fingerprint density at radius 2 is 2.16 bits per heavy atom. The summed E-state index contributed by atoms with van der Waals surface area (Å²) in [6, 6.07) is 1.57. The van der Waals surface area contributed by atoms with Crippen LogP contribution in [0, 0.1) is 5.41 Å². The molecule has 0 aliphatic heterocycles. The number of nitrogens with one attached hydrogen (secondary N) is 2. The molecular weight excluding hydrogens is 332 g/mol. The fraction of sp³-hybridized carbons (Fsp3) is 0.500. The number of thiophene rings is 1. The molecule has 0 aliphatic rings. The minimum absolute atomic E-state index is 0.110. The summed E-state index contributed by atoms with van der Waals surface area (Å²) in [6.45, 7) is 3.94. The van der Waals surface area contributed by atoms with E-state index < -0.39 is 11.4 Å². The molecule has 1 heterocycles. The molecule has 0 aromatic carbocycles. The van der Waals surface area contributed by atoms with Gasteiger partial charge in [-0.1, -0.05) is 6.92 Å². The zero-order valence-corrected chi connectivity index (χ0v) is 13.2. The standard InChI is InChI=1S/C12H17BrN2O3S/c1-3-12(2,10(16)17)7-15-11(18)14-5-9-4-8(13)6-19-9/h4,6H,3,5,7H2,1-2H3,(H,16,17)(H2,14,15,18). The molecule has 0 aliphatic carbocycles. The predicted octanol–water partition coefficient (Wildman–Crippen LogP) is 2.81. The van der Waals surface area contributed by atoms with Crippen molar-refractivity contribution in [3.63, 3.8) is 0 Å². The van der Waals surface area contributed by atoms with Crippen molar-refractivity contribution in [3.8, 4) is 0 Å². The third-order valence-electron chi connectivity index (χ3n) is 2.98. The van der Waals surface area contributed by atoms with Gasteiger partial charge in [0.05, 0.1) is 12.0 Å². The van der Waals surface area contributed by atoms with Gasteiger partial charge in [-0.2, -0.15) is 0 Å². The number of aliphatic carboxylic acids is 1. The number of amides is 2. The monoisotopic (exact) mass is 348 g/mol. The lowest BCUT2D eigenvalue weighted by molar-refractivity contribution is -0.147. The first-order valence-electron chi connectivity index (χ1n) is 5.85. The van der Waals surface area contributed by atoms with E-state index in [0.29, 0.717) is 13.0 Å². The Labute approximate surface area is 124 Å². The van der Waals surface area contributed by atoms with Crippen molar-refractivity contribution in [2.45, 2.75) is 26.8 Å². The first-order chi connectivity index (χ1) is 8.87. The molecule has 1 aromatic heterocycles. The quantitative estimate of drug-likeness (QED) is 0.739. The highest BCUT2D eigenvalue weighted by molar-refractivity contribution is 9.10. The number of carbonyl (C=O) groups excluding carboxylic acids is 1. The molecular formula is C12H17BrN2O3S. The van der Waals surface area contributed by atoms with E-state index >= 15 is 0 Å². The molecule has 0 saturated heterocycles. The first-order valence-corrected chi connectivity index (χ1v) is 7.52. The number of rotatable bonds is 6. The summed E-state index contributed by atoms with van der Waals surface area (Å²) >= 11 is 4.88. The summed E-state index contributed by atoms with van der Waals surface area (Å²) in [5, 5.41) is 16.3. The number of hydrogen-bond donors (Lipinski definition) is 3. The van der Waals surface area contributed by atoms with Gasteiger partial charge < -0.3 is 15.7 Å². The molecule has 106 valence electrons. The zero-order valence-electron chi connectivity index (χ0n) is 10.8. The highest BCUT2D eigenvalue weighted by Crippen LogP contribution is 2.20. The van der Waals surface area contributed by atoms with Gasteiger partial charge in [-0.15, -0.1) is 11.3 Å². The van der Waals surface area contributed by atoms with Crippen LogP contribution in [-0.2, 0) is 11.3 Å². The minimum Gasteiger partial charge on any atom is -0.481 e. The van der Waals surface area contributed by atoms with Gasteiger partial charge in [0.15, 0.2) is 0 Å². The number of carbonyl (C=O) groups is 2. The second-order valence-corrected chi connectivity index (χ2v) is 6.40. The van der Waals surface area contributed by atoms with Crippen molar-refractivity contribution in [1.29, 1.82) is 0 Å². The predicted molar refractivity (Wildman–Crippen MR) is 78.3 cm³/mol. The van der Waals surface area contributed by atoms with Crippen LogP contribution >= 0.6 is 27.3 Å². The number of carboxylic acid groups (broad SMARTS) is 1. The van der Waals surface area contributed by atoms with E-state index in [1.165, 1.54) is 0 Å². The smallest absolute Gasteiger partial charge is 0.315 e. The number of halogens is 1. The average Bonchev–Trinajstić information content (AvgIpc) is 2.79. The van der Waals surface area contributed by atoms with Crippen molar-refractivity contribution >= 4 is 39.3 Å². The zero-order chi connectivity index (χ0) is 14.5. The summed E-state index contributed by atoms with van der Waals surface area (Å²) in [4.78, 5) is 23.7. The van der Waals surface area contributed by atoms with Gasteiger partial charge in [0.25, 0.3) is 0 Å². The van der Waals surface area contributed by atoms with Gasteiger partial charge in [0, 0.05) is 21.3 Å². The van der Waals surface area contributed by atoms with E-state index in [0.717, 1.165) is 9.35 Å². The molecule has 0 radical (unpaired) electrons. The Kier molecular flexibility index (Phi) is 5.81. The van der Waals surface area contributed by atoms with E-state index in [-0.39, 0.29) is 12.6 Å². The molecule has 0 fully saturated rings. The molecule has 1 atom stereocenters. The van der Waals surface area contributed by atoms with E-state index in [1.54, 1.807) is 25.2 Å². The van der Waals surface area contributed by atoms with Crippen LogP contribution < -0.4 is 10.6 Å². The van der Waals surface area contributed by atoms with E-state index in [1.807, 2.05) is 11.4 Å². The highest BCUT2D eigenvalue weighted by atomic mass is 79.9. The minimum atomic E-state index is -0.927. The lowest BCUT2D eigenvalue weighted by Gasteiger charge is -2.23. The summed E-state index contributed by atoms with van der Waals surface area (Å²) < 4.78 is 0.985. The van der Waals surface area contributed by atoms with Crippen LogP contribution in [0.15, 0.2) is 15.9 Å². The largest absolute Gasteiger partial charge is 0.481 e. The van der Waals surface area contributed by atoms with Gasteiger partial charge in [0.1, 0.15) is 0 Å². The van der Waals surface area contributed by atoms with Crippen LogP contribution in [0.25, 0.3) is 0 Å². The van der Waals surface area contributed by atoms with Crippen molar-refractivity contribution in [2.75, 3.05) is 6.54 Å². The summed E-state index contributed by atoms with van der Waals surface area (Å²) in [5.74, 6) is -0.905. The summed E-state index contributed by atoms with van der Waals surface area (Å²) in [7, 11) is 0. The SMILES string of the molecule is CCC(C)(CNC(=O)NCc1cc(Br)cs1)C(=O)O. The Morgan fingerprint density at radius 3 is 2.63 bits per heavy atom. The van der Waals surface area contributed by atoms with Crippen LogP contribution in [0.4, 0.5) is 4.79 Å². The second kappa shape index (κ2) is 6.91. The van der Waals surface area contributed by atoms with Crippen molar-refractivity contribution < 1.29 is 14.7 Å². The molecule has 0 bridgehead atoms. The topological polar surface area (TPSA) is 78.4 Å². The van der Waals surface area contributed by atoms with E-state index in [4.69, 9.17) is 5.11 Å². The Balaban J connectivity index is 2.37. The average molecular weight is 349 g/mol. The molecule has 7 heteroatoms. The Bertz CT molecular complexity index is 464. The van der Waals surface area contributed by atoms with Crippen LogP contribution in [0.3, 0.4) is 0 Å². The van der Waals surface area contributed by atoms with Gasteiger partial charge >= 0.3 is 12.0 Å². The van der Waals surface area contributed by atoms with Crippen molar-refractivity contribution in [3.05, 3.63) is 20.8 Å². The molecule has 3 N–H and O–H groups in total. The van der Waals surface area contributed by atoms with Crippen molar-refractivity contribution in [1.82, 2.24) is 10.6 Å². The summed E-state index contributed by atoms with van der Waals surface area (Å²) in [6.07, 6.45) is 0.459. The lowest BCUT2D eigenvalue weighted by atomic mass is 9.88. The summed E-state index contributed by atoms with van der Waals surface area (Å²) in [5.41, 5.74) is -0.927. The molecule has 1 unspecified atom stereocenters.